The summed E-state index contributed by atoms with van der Waals surface area (Å²) in [4.78, 5) is 25.3. The van der Waals surface area contributed by atoms with Gasteiger partial charge in [-0.3, -0.25) is 14.5 Å². The van der Waals surface area contributed by atoms with Crippen LogP contribution in [0.4, 0.5) is 5.69 Å². The molecule has 0 N–H and O–H groups in total. The number of alkyl halides is 1. The van der Waals surface area contributed by atoms with E-state index in [1.807, 2.05) is 39.0 Å². The number of para-hydroxylation sites is 1. The highest BCUT2D eigenvalue weighted by atomic mass is 35.5. The first-order valence-electron chi connectivity index (χ1n) is 7.71. The number of carbonyl (C=O) groups excluding carboxylic acids is 2. The van der Waals surface area contributed by atoms with Gasteiger partial charge in [0.1, 0.15) is 5.88 Å². The number of nitrogens with zero attached hydrogens (tertiary/aromatic N) is 1. The van der Waals surface area contributed by atoms with Gasteiger partial charge in [0.15, 0.2) is 6.73 Å². The van der Waals surface area contributed by atoms with E-state index < -0.39 is 0 Å². The summed E-state index contributed by atoms with van der Waals surface area (Å²) in [5, 5.41) is 0. The van der Waals surface area contributed by atoms with Crippen LogP contribution in [0.1, 0.15) is 44.7 Å². The van der Waals surface area contributed by atoms with Crippen molar-refractivity contribution < 1.29 is 14.3 Å². The van der Waals surface area contributed by atoms with Crippen LogP contribution < -0.4 is 4.90 Å². The van der Waals surface area contributed by atoms with Gasteiger partial charge in [0.05, 0.1) is 5.69 Å². The van der Waals surface area contributed by atoms with E-state index in [0.29, 0.717) is 12.8 Å². The third kappa shape index (κ3) is 4.73. The van der Waals surface area contributed by atoms with Crippen molar-refractivity contribution in [3.63, 3.8) is 0 Å². The van der Waals surface area contributed by atoms with Gasteiger partial charge in [-0.2, -0.15) is 0 Å². The standard InChI is InChI=1S/C17H24ClNO3/c1-4-8-16(21)22-12-19(15(20)11-18)17-13(5-2)9-7-10-14(17)6-3/h7,9-10H,4-6,8,11-12H2,1-3H3. The van der Waals surface area contributed by atoms with Crippen LogP contribution in [-0.4, -0.2) is 24.5 Å². The van der Waals surface area contributed by atoms with Crippen molar-refractivity contribution in [2.45, 2.75) is 46.5 Å². The summed E-state index contributed by atoms with van der Waals surface area (Å²) < 4.78 is 5.23. The first-order valence-corrected chi connectivity index (χ1v) is 8.25. The normalized spacial score (nSPS) is 10.4. The smallest absolute Gasteiger partial charge is 0.307 e. The Morgan fingerprint density at radius 2 is 1.73 bits per heavy atom. The number of hydrogen-bond donors (Lipinski definition) is 0. The monoisotopic (exact) mass is 325 g/mol. The van der Waals surface area contributed by atoms with Gasteiger partial charge in [0, 0.05) is 6.42 Å². The highest BCUT2D eigenvalue weighted by molar-refractivity contribution is 6.29. The Bertz CT molecular complexity index is 494. The van der Waals surface area contributed by atoms with E-state index in [2.05, 4.69) is 0 Å². The van der Waals surface area contributed by atoms with E-state index in [9.17, 15) is 9.59 Å². The summed E-state index contributed by atoms with van der Waals surface area (Å²) >= 11 is 5.73. The number of halogens is 1. The van der Waals surface area contributed by atoms with Crippen LogP contribution in [0.3, 0.4) is 0 Å². The second-order valence-electron chi connectivity index (χ2n) is 4.98. The molecule has 1 aromatic rings. The average Bonchev–Trinajstić information content (AvgIpc) is 2.54. The molecule has 0 aliphatic carbocycles. The molecule has 0 saturated heterocycles. The highest BCUT2D eigenvalue weighted by Crippen LogP contribution is 2.27. The third-order valence-electron chi connectivity index (χ3n) is 3.46. The first-order chi connectivity index (χ1) is 10.6. The molecule has 0 fully saturated rings. The second-order valence-corrected chi connectivity index (χ2v) is 5.25. The summed E-state index contributed by atoms with van der Waals surface area (Å²) in [5.41, 5.74) is 2.91. The number of aryl methyl sites for hydroxylation is 2. The molecule has 0 bridgehead atoms. The molecule has 4 nitrogen and oxygen atoms in total. The van der Waals surface area contributed by atoms with E-state index in [1.165, 1.54) is 4.90 Å². The molecule has 22 heavy (non-hydrogen) atoms. The summed E-state index contributed by atoms with van der Waals surface area (Å²) in [5.74, 6) is -0.713. The first kappa shape index (κ1) is 18.5. The number of anilines is 1. The fourth-order valence-corrected chi connectivity index (χ4v) is 2.45. The lowest BCUT2D eigenvalue weighted by atomic mass is 10.0. The van der Waals surface area contributed by atoms with E-state index in [0.717, 1.165) is 29.7 Å². The number of benzene rings is 1. The van der Waals surface area contributed by atoms with Crippen molar-refractivity contribution in [2.75, 3.05) is 17.5 Å². The van der Waals surface area contributed by atoms with Gasteiger partial charge in [-0.05, 0) is 30.4 Å². The zero-order chi connectivity index (χ0) is 16.5. The minimum absolute atomic E-state index is 0.0889. The van der Waals surface area contributed by atoms with Crippen LogP contribution in [0.15, 0.2) is 18.2 Å². The molecular weight excluding hydrogens is 302 g/mol. The molecule has 1 rings (SSSR count). The molecule has 0 radical (unpaired) electrons. The molecule has 1 amide bonds. The van der Waals surface area contributed by atoms with Crippen LogP contribution in [0.5, 0.6) is 0 Å². The zero-order valence-electron chi connectivity index (χ0n) is 13.5. The molecule has 0 saturated carbocycles. The van der Waals surface area contributed by atoms with Crippen LogP contribution in [0.2, 0.25) is 0 Å². The molecular formula is C17H24ClNO3. The Morgan fingerprint density at radius 3 is 2.18 bits per heavy atom. The molecule has 122 valence electrons. The molecule has 5 heteroatoms. The largest absolute Gasteiger partial charge is 0.444 e. The van der Waals surface area contributed by atoms with Gasteiger partial charge in [-0.15, -0.1) is 11.6 Å². The van der Waals surface area contributed by atoms with E-state index in [4.69, 9.17) is 16.3 Å². The number of esters is 1. The quantitative estimate of drug-likeness (QED) is 0.416. The predicted molar refractivity (Wildman–Crippen MR) is 89.3 cm³/mol. The predicted octanol–water partition coefficient (Wildman–Crippen LogP) is 3.68. The SMILES string of the molecule is CCCC(=O)OCN(C(=O)CCl)c1c(CC)cccc1CC. The van der Waals surface area contributed by atoms with Gasteiger partial charge in [-0.1, -0.05) is 39.0 Å². The zero-order valence-corrected chi connectivity index (χ0v) is 14.3. The summed E-state index contributed by atoms with van der Waals surface area (Å²) in [7, 11) is 0. The second kappa shape index (κ2) is 9.46. The van der Waals surface area contributed by atoms with Crippen molar-refractivity contribution in [3.05, 3.63) is 29.3 Å². The Labute approximate surface area is 137 Å². The van der Waals surface area contributed by atoms with Gasteiger partial charge < -0.3 is 4.74 Å². The molecule has 0 spiro atoms. The summed E-state index contributed by atoms with van der Waals surface area (Å²) in [6.07, 6.45) is 2.64. The number of amides is 1. The summed E-state index contributed by atoms with van der Waals surface area (Å²) in [6.45, 7) is 5.88. The van der Waals surface area contributed by atoms with E-state index in [1.54, 1.807) is 0 Å². The molecule has 0 aromatic heterocycles. The average molecular weight is 326 g/mol. The maximum absolute atomic E-state index is 12.2. The van der Waals surface area contributed by atoms with Gasteiger partial charge >= 0.3 is 5.97 Å². The minimum Gasteiger partial charge on any atom is -0.444 e. The van der Waals surface area contributed by atoms with Gasteiger partial charge in [0.25, 0.3) is 0 Å². The fourth-order valence-electron chi connectivity index (χ4n) is 2.31. The Kier molecular flexibility index (Phi) is 7.96. The van der Waals surface area contributed by atoms with Crippen molar-refractivity contribution >= 4 is 29.2 Å². The molecule has 0 unspecified atom stereocenters. The van der Waals surface area contributed by atoms with Crippen molar-refractivity contribution in [3.8, 4) is 0 Å². The lowest BCUT2D eigenvalue weighted by Gasteiger charge is -2.26. The van der Waals surface area contributed by atoms with Crippen molar-refractivity contribution in [2.24, 2.45) is 0 Å². The van der Waals surface area contributed by atoms with Crippen molar-refractivity contribution in [1.82, 2.24) is 0 Å². The fraction of sp³-hybridized carbons (Fsp3) is 0.529. The number of rotatable bonds is 8. The van der Waals surface area contributed by atoms with Crippen LogP contribution in [-0.2, 0) is 27.2 Å². The van der Waals surface area contributed by atoms with E-state index >= 15 is 0 Å². The molecule has 1 aromatic carbocycles. The highest BCUT2D eigenvalue weighted by Gasteiger charge is 2.21. The Morgan fingerprint density at radius 1 is 1.14 bits per heavy atom. The van der Waals surface area contributed by atoms with Crippen LogP contribution in [0, 0.1) is 0 Å². The maximum atomic E-state index is 12.2. The molecule has 0 aliphatic rings. The number of ether oxygens (including phenoxy) is 1. The van der Waals surface area contributed by atoms with Crippen molar-refractivity contribution in [1.29, 1.82) is 0 Å². The lowest BCUT2D eigenvalue weighted by molar-refractivity contribution is -0.144. The molecule has 0 aliphatic heterocycles. The van der Waals surface area contributed by atoms with E-state index in [-0.39, 0.29) is 24.5 Å². The maximum Gasteiger partial charge on any atom is 0.307 e. The Hall–Kier alpha value is -1.55. The molecule has 0 heterocycles. The number of carbonyl (C=O) groups is 2. The van der Waals surface area contributed by atoms with Gasteiger partial charge in [0.2, 0.25) is 5.91 Å². The number of hydrogen-bond acceptors (Lipinski definition) is 3. The lowest BCUT2D eigenvalue weighted by Crippen LogP contribution is -2.36. The third-order valence-corrected chi connectivity index (χ3v) is 3.69. The summed E-state index contributed by atoms with van der Waals surface area (Å²) in [6, 6.07) is 5.95. The minimum atomic E-state index is -0.304. The molecule has 0 atom stereocenters. The topological polar surface area (TPSA) is 46.6 Å². The van der Waals surface area contributed by atoms with Gasteiger partial charge in [-0.25, -0.2) is 0 Å². The van der Waals surface area contributed by atoms with Crippen LogP contribution >= 0.6 is 11.6 Å². The van der Waals surface area contributed by atoms with Crippen LogP contribution in [0.25, 0.3) is 0 Å². The Balaban J connectivity index is 3.11.